The van der Waals surface area contributed by atoms with Gasteiger partial charge in [-0.3, -0.25) is 4.31 Å². The van der Waals surface area contributed by atoms with E-state index >= 15 is 0 Å². The largest absolute Gasteiger partial charge is 0.389 e. The number of hydrogen-bond acceptors (Lipinski definition) is 4. The van der Waals surface area contributed by atoms with Crippen molar-refractivity contribution in [1.82, 2.24) is 0 Å². The summed E-state index contributed by atoms with van der Waals surface area (Å²) in [6, 6.07) is 21.3. The lowest BCUT2D eigenvalue weighted by atomic mass is 10.2. The van der Waals surface area contributed by atoms with E-state index in [9.17, 15) is 17.9 Å². The number of ether oxygens (including phenoxy) is 1. The van der Waals surface area contributed by atoms with Gasteiger partial charge in [0.15, 0.2) is 0 Å². The predicted octanol–water partition coefficient (Wildman–Crippen LogP) is 3.91. The molecule has 3 aromatic rings. The number of aliphatic hydroxyl groups is 1. The molecule has 0 aliphatic carbocycles. The Morgan fingerprint density at radius 3 is 2.27 bits per heavy atom. The molecule has 0 bridgehead atoms. The summed E-state index contributed by atoms with van der Waals surface area (Å²) in [7, 11) is -4.09. The molecule has 0 aromatic heterocycles. The highest BCUT2D eigenvalue weighted by Gasteiger charge is 2.29. The van der Waals surface area contributed by atoms with Crippen molar-refractivity contribution in [3.63, 3.8) is 0 Å². The second-order valence-corrected chi connectivity index (χ2v) is 8.82. The molecule has 0 saturated heterocycles. The first kappa shape index (κ1) is 22.0. The number of aryl methyl sites for hydroxylation is 1. The van der Waals surface area contributed by atoms with Gasteiger partial charge in [0.1, 0.15) is 5.82 Å². The highest BCUT2D eigenvalue weighted by molar-refractivity contribution is 7.92. The Balaban J connectivity index is 1.79. The highest BCUT2D eigenvalue weighted by Crippen LogP contribution is 2.26. The highest BCUT2D eigenvalue weighted by atomic mass is 32.2. The number of halogens is 1. The maximum atomic E-state index is 14.5. The second kappa shape index (κ2) is 9.84. The van der Waals surface area contributed by atoms with E-state index < -0.39 is 21.9 Å². The molecular weight excluding hydrogens is 405 g/mol. The van der Waals surface area contributed by atoms with Crippen LogP contribution in [0.4, 0.5) is 10.1 Å². The summed E-state index contributed by atoms with van der Waals surface area (Å²) in [6.45, 7) is 1.69. The summed E-state index contributed by atoms with van der Waals surface area (Å²) in [5.41, 5.74) is 1.71. The molecule has 0 saturated carbocycles. The lowest BCUT2D eigenvalue weighted by Crippen LogP contribution is -2.39. The van der Waals surface area contributed by atoms with Gasteiger partial charge >= 0.3 is 0 Å². The zero-order valence-electron chi connectivity index (χ0n) is 16.6. The molecule has 0 fully saturated rings. The van der Waals surface area contributed by atoms with Gasteiger partial charge in [0.2, 0.25) is 0 Å². The van der Waals surface area contributed by atoms with E-state index in [1.165, 1.54) is 30.3 Å². The molecule has 0 unspecified atom stereocenters. The van der Waals surface area contributed by atoms with Gasteiger partial charge in [-0.25, -0.2) is 12.8 Å². The topological polar surface area (TPSA) is 66.8 Å². The first-order valence-electron chi connectivity index (χ1n) is 9.51. The van der Waals surface area contributed by atoms with E-state index in [0.717, 1.165) is 15.4 Å². The van der Waals surface area contributed by atoms with Crippen LogP contribution in [-0.2, 0) is 21.4 Å². The van der Waals surface area contributed by atoms with E-state index in [-0.39, 0.29) is 30.3 Å². The van der Waals surface area contributed by atoms with Gasteiger partial charge in [0.05, 0.1) is 36.4 Å². The van der Waals surface area contributed by atoms with Crippen molar-refractivity contribution in [2.24, 2.45) is 0 Å². The van der Waals surface area contributed by atoms with Crippen LogP contribution in [-0.4, -0.2) is 32.8 Å². The lowest BCUT2D eigenvalue weighted by molar-refractivity contribution is 0.0333. The number of benzene rings is 3. The fraction of sp³-hybridized carbons (Fsp3) is 0.217. The first-order chi connectivity index (χ1) is 14.4. The smallest absolute Gasteiger partial charge is 0.264 e. The number of sulfonamides is 1. The third-order valence-electron chi connectivity index (χ3n) is 4.53. The van der Waals surface area contributed by atoms with E-state index in [1.807, 2.05) is 37.3 Å². The van der Waals surface area contributed by atoms with Crippen LogP contribution >= 0.6 is 0 Å². The molecule has 0 amide bonds. The molecule has 30 heavy (non-hydrogen) atoms. The predicted molar refractivity (Wildman–Crippen MR) is 114 cm³/mol. The van der Waals surface area contributed by atoms with Crippen molar-refractivity contribution in [2.45, 2.75) is 24.5 Å². The van der Waals surface area contributed by atoms with E-state index in [1.54, 1.807) is 18.2 Å². The van der Waals surface area contributed by atoms with Crippen molar-refractivity contribution < 1.29 is 22.7 Å². The minimum atomic E-state index is -4.09. The van der Waals surface area contributed by atoms with Gasteiger partial charge in [-0.15, -0.1) is 0 Å². The number of para-hydroxylation sites is 1. The van der Waals surface area contributed by atoms with Crippen molar-refractivity contribution in [3.05, 3.63) is 95.8 Å². The normalized spacial score (nSPS) is 12.5. The molecule has 0 heterocycles. The maximum absolute atomic E-state index is 14.5. The Labute approximate surface area is 176 Å². The van der Waals surface area contributed by atoms with Crippen molar-refractivity contribution in [2.75, 3.05) is 17.5 Å². The third-order valence-corrected chi connectivity index (χ3v) is 6.32. The number of nitrogens with zero attached hydrogens (tertiary/aromatic N) is 1. The number of rotatable bonds is 9. The summed E-state index contributed by atoms with van der Waals surface area (Å²) in [5, 5.41) is 10.5. The number of hydrogen-bond donors (Lipinski definition) is 1. The summed E-state index contributed by atoms with van der Waals surface area (Å²) in [6.07, 6.45) is -1.14. The summed E-state index contributed by atoms with van der Waals surface area (Å²) in [4.78, 5) is 0.0220. The van der Waals surface area contributed by atoms with Crippen LogP contribution in [0.3, 0.4) is 0 Å². The maximum Gasteiger partial charge on any atom is 0.264 e. The van der Waals surface area contributed by atoms with Gasteiger partial charge in [-0.05, 0) is 36.8 Å². The summed E-state index contributed by atoms with van der Waals surface area (Å²) < 4.78 is 47.3. The zero-order valence-corrected chi connectivity index (χ0v) is 17.4. The molecular formula is C23H24FNO4S. The fourth-order valence-electron chi connectivity index (χ4n) is 2.95. The Kier molecular flexibility index (Phi) is 7.20. The first-order valence-corrected chi connectivity index (χ1v) is 11.0. The molecule has 3 rings (SSSR count). The quantitative estimate of drug-likeness (QED) is 0.560. The summed E-state index contributed by atoms with van der Waals surface area (Å²) in [5.74, 6) is -0.689. The molecule has 1 N–H and O–H groups in total. The Morgan fingerprint density at radius 1 is 0.967 bits per heavy atom. The minimum Gasteiger partial charge on any atom is -0.389 e. The average Bonchev–Trinajstić information content (AvgIpc) is 2.74. The third kappa shape index (κ3) is 5.44. The zero-order chi connectivity index (χ0) is 21.6. The lowest BCUT2D eigenvalue weighted by Gasteiger charge is -2.27. The van der Waals surface area contributed by atoms with Gasteiger partial charge in [-0.2, -0.15) is 0 Å². The van der Waals surface area contributed by atoms with Crippen LogP contribution in [0.2, 0.25) is 0 Å². The molecule has 0 spiro atoms. The van der Waals surface area contributed by atoms with Crippen LogP contribution in [0.5, 0.6) is 0 Å². The van der Waals surface area contributed by atoms with Crippen molar-refractivity contribution in [3.8, 4) is 0 Å². The second-order valence-electron chi connectivity index (χ2n) is 6.96. The molecule has 3 aromatic carbocycles. The number of anilines is 1. The van der Waals surface area contributed by atoms with Crippen LogP contribution in [0.1, 0.15) is 11.1 Å². The fourth-order valence-corrected chi connectivity index (χ4v) is 4.46. The minimum absolute atomic E-state index is 0.0220. The Hall–Kier alpha value is -2.74. The van der Waals surface area contributed by atoms with Crippen LogP contribution < -0.4 is 4.31 Å². The van der Waals surface area contributed by atoms with Crippen molar-refractivity contribution in [1.29, 1.82) is 0 Å². The molecule has 1 atom stereocenters. The van der Waals surface area contributed by atoms with Gasteiger partial charge in [0, 0.05) is 0 Å². The average molecular weight is 430 g/mol. The molecule has 0 aliphatic heterocycles. The van der Waals surface area contributed by atoms with E-state index in [2.05, 4.69) is 0 Å². The van der Waals surface area contributed by atoms with Gasteiger partial charge < -0.3 is 9.84 Å². The van der Waals surface area contributed by atoms with Gasteiger partial charge in [-0.1, -0.05) is 60.2 Å². The summed E-state index contributed by atoms with van der Waals surface area (Å²) >= 11 is 0. The molecule has 7 heteroatoms. The van der Waals surface area contributed by atoms with Gasteiger partial charge in [0.25, 0.3) is 10.0 Å². The van der Waals surface area contributed by atoms with E-state index in [0.29, 0.717) is 0 Å². The SMILES string of the molecule is Cc1ccc(S(=O)(=O)N(C[C@@H](O)COCc2ccccc2)c2ccccc2F)cc1. The van der Waals surface area contributed by atoms with Crippen LogP contribution in [0, 0.1) is 12.7 Å². The molecule has 0 radical (unpaired) electrons. The van der Waals surface area contributed by atoms with Crippen LogP contribution in [0.15, 0.2) is 83.8 Å². The van der Waals surface area contributed by atoms with Crippen LogP contribution in [0.25, 0.3) is 0 Å². The van der Waals surface area contributed by atoms with Crippen molar-refractivity contribution >= 4 is 15.7 Å². The standard InChI is InChI=1S/C23H24FNO4S/c1-18-11-13-21(14-12-18)30(27,28)25(23-10-6-5-9-22(23)24)15-20(26)17-29-16-19-7-3-2-4-8-19/h2-14,20,26H,15-17H2,1H3/t20-/m1/s1. The molecule has 158 valence electrons. The molecule has 5 nitrogen and oxygen atoms in total. The number of aliphatic hydroxyl groups excluding tert-OH is 1. The van der Waals surface area contributed by atoms with E-state index in [4.69, 9.17) is 4.74 Å². The molecule has 0 aliphatic rings. The Bertz CT molecular complexity index is 1060. The Morgan fingerprint density at radius 2 is 1.60 bits per heavy atom. The monoisotopic (exact) mass is 429 g/mol.